The van der Waals surface area contributed by atoms with Crippen molar-refractivity contribution in [3.63, 3.8) is 0 Å². The molecule has 1 saturated heterocycles. The van der Waals surface area contributed by atoms with Crippen LogP contribution in [-0.2, 0) is 9.59 Å². The summed E-state index contributed by atoms with van der Waals surface area (Å²) < 4.78 is 0. The highest BCUT2D eigenvalue weighted by Crippen LogP contribution is 2.40. The summed E-state index contributed by atoms with van der Waals surface area (Å²) in [4.78, 5) is 59.5. The number of anilines is 5. The largest absolute Gasteiger partial charge is 0.378 e. The highest BCUT2D eigenvalue weighted by molar-refractivity contribution is 5.97. The molecule has 0 radical (unpaired) electrons. The van der Waals surface area contributed by atoms with Crippen LogP contribution < -0.4 is 25.8 Å². The van der Waals surface area contributed by atoms with Crippen molar-refractivity contribution in [3.05, 3.63) is 114 Å². The molecule has 3 aliphatic rings. The van der Waals surface area contributed by atoms with E-state index < -0.39 is 0 Å². The van der Waals surface area contributed by atoms with E-state index in [9.17, 15) is 19.2 Å². The predicted octanol–water partition coefficient (Wildman–Crippen LogP) is 8.05. The number of para-hydroxylation sites is 2. The van der Waals surface area contributed by atoms with E-state index in [1.165, 1.54) is 0 Å². The van der Waals surface area contributed by atoms with Gasteiger partial charge < -0.3 is 35.6 Å². The van der Waals surface area contributed by atoms with E-state index in [4.69, 9.17) is 0 Å². The van der Waals surface area contributed by atoms with E-state index in [1.807, 2.05) is 109 Å². The van der Waals surface area contributed by atoms with Gasteiger partial charge in [0.05, 0.1) is 12.1 Å². The van der Waals surface area contributed by atoms with Crippen molar-refractivity contribution in [2.45, 2.75) is 77.5 Å². The maximum absolute atomic E-state index is 13.4. The number of piperazine rings is 1. The summed E-state index contributed by atoms with van der Waals surface area (Å²) in [5, 5.41) is 10.3. The van der Waals surface area contributed by atoms with E-state index in [0.717, 1.165) is 46.7 Å². The number of nitrogens with zero attached hydrogens (tertiary/aromatic N) is 4. The van der Waals surface area contributed by atoms with Crippen LogP contribution >= 0.6 is 0 Å². The topological polar surface area (TPSA) is 117 Å². The Bertz CT molecular complexity index is 2030. The molecule has 0 unspecified atom stereocenters. The molecule has 4 atom stereocenters. The first kappa shape index (κ1) is 37.5. The Morgan fingerprint density at radius 1 is 0.564 bits per heavy atom. The summed E-state index contributed by atoms with van der Waals surface area (Å²) in [5.74, 6) is 0.195. The maximum atomic E-state index is 13.4. The van der Waals surface area contributed by atoms with Gasteiger partial charge in [-0.1, -0.05) is 50.2 Å². The minimum atomic E-state index is -0.195. The van der Waals surface area contributed by atoms with Gasteiger partial charge in [0, 0.05) is 85.1 Å². The summed E-state index contributed by atoms with van der Waals surface area (Å²) in [6.45, 7) is 9.73. The second kappa shape index (κ2) is 16.3. The van der Waals surface area contributed by atoms with Crippen LogP contribution in [0.5, 0.6) is 0 Å². The van der Waals surface area contributed by atoms with E-state index in [2.05, 4.69) is 41.9 Å². The first-order chi connectivity index (χ1) is 26.6. The van der Waals surface area contributed by atoms with Crippen LogP contribution in [0.3, 0.4) is 0 Å². The van der Waals surface area contributed by atoms with Crippen LogP contribution in [0.4, 0.5) is 33.2 Å². The van der Waals surface area contributed by atoms with E-state index in [1.54, 1.807) is 9.80 Å². The molecule has 4 aromatic rings. The summed E-state index contributed by atoms with van der Waals surface area (Å²) >= 11 is 0. The maximum Gasteiger partial charge on any atom is 0.321 e. The van der Waals surface area contributed by atoms with Crippen molar-refractivity contribution >= 4 is 52.2 Å². The second-order valence-electron chi connectivity index (χ2n) is 14.8. The lowest BCUT2D eigenvalue weighted by atomic mass is 9.91. The predicted molar refractivity (Wildman–Crippen MR) is 219 cm³/mol. The average molecular weight is 742 g/mol. The van der Waals surface area contributed by atoms with Gasteiger partial charge in [-0.05, 0) is 98.5 Å². The third-order valence-corrected chi connectivity index (χ3v) is 11.1. The van der Waals surface area contributed by atoms with Gasteiger partial charge >= 0.3 is 6.03 Å². The monoisotopic (exact) mass is 741 g/mol. The molecule has 3 heterocycles. The van der Waals surface area contributed by atoms with E-state index in [-0.39, 0.29) is 47.9 Å². The fourth-order valence-electron chi connectivity index (χ4n) is 8.26. The number of amides is 5. The molecule has 0 saturated carbocycles. The molecule has 11 heteroatoms. The standard InChI is InChI=1S/C44H51N7O4/c1-5-41(52)50-29(3)27-37(35-11-7-9-13-39(35)50)45-32-17-15-31(16-18-32)43(54)48-23-25-49(26-24-48)44(55)47-34-21-19-33(20-22-34)46-38-28-30(4)51(42(53)6-2)40-14-10-8-12-36(38)40/h7-22,29-30,37-38,45-46H,5-6,23-28H2,1-4H3,(H,47,55)/t29-,30-,37+,38+/m0/s1. The fourth-order valence-corrected chi connectivity index (χ4v) is 8.26. The molecule has 0 spiro atoms. The SMILES string of the molecule is CCC(=O)N1c2ccccc2[C@H](Nc2ccc(NC(=O)N3CCN(C(=O)c4ccc(N[C@@H]5C[C@H](C)N(C(=O)CC)c6ccccc65)cc4)CC3)cc2)C[C@@H]1C. The van der Waals surface area contributed by atoms with Crippen molar-refractivity contribution in [2.75, 3.05) is 51.9 Å². The molecule has 7 rings (SSSR count). The summed E-state index contributed by atoms with van der Waals surface area (Å²) in [5.41, 5.74) is 7.24. The Morgan fingerprint density at radius 3 is 1.45 bits per heavy atom. The molecule has 11 nitrogen and oxygen atoms in total. The van der Waals surface area contributed by atoms with Crippen molar-refractivity contribution in [3.8, 4) is 0 Å². The number of nitrogens with one attached hydrogen (secondary N) is 3. The van der Waals surface area contributed by atoms with E-state index in [0.29, 0.717) is 50.3 Å². The molecule has 3 aliphatic heterocycles. The van der Waals surface area contributed by atoms with Gasteiger partial charge in [0.25, 0.3) is 5.91 Å². The third-order valence-electron chi connectivity index (χ3n) is 11.1. The molecule has 4 aromatic carbocycles. The van der Waals surface area contributed by atoms with Crippen molar-refractivity contribution < 1.29 is 19.2 Å². The molecule has 1 fully saturated rings. The summed E-state index contributed by atoms with van der Waals surface area (Å²) in [7, 11) is 0. The van der Waals surface area contributed by atoms with Crippen LogP contribution in [0.25, 0.3) is 0 Å². The normalized spacial score (nSPS) is 20.6. The number of hydrogen-bond donors (Lipinski definition) is 3. The Labute approximate surface area is 323 Å². The van der Waals surface area contributed by atoms with Crippen LogP contribution in [0.15, 0.2) is 97.1 Å². The van der Waals surface area contributed by atoms with Gasteiger partial charge in [0.1, 0.15) is 0 Å². The minimum Gasteiger partial charge on any atom is -0.378 e. The van der Waals surface area contributed by atoms with E-state index >= 15 is 0 Å². The van der Waals surface area contributed by atoms with Gasteiger partial charge in [-0.2, -0.15) is 0 Å². The van der Waals surface area contributed by atoms with Gasteiger partial charge in [-0.3, -0.25) is 14.4 Å². The zero-order valence-corrected chi connectivity index (χ0v) is 32.1. The van der Waals surface area contributed by atoms with Crippen LogP contribution in [0.1, 0.15) is 86.9 Å². The molecule has 0 aromatic heterocycles. The average Bonchev–Trinajstić information content (AvgIpc) is 3.21. The molecular formula is C44H51N7O4. The highest BCUT2D eigenvalue weighted by Gasteiger charge is 2.34. The molecule has 286 valence electrons. The number of urea groups is 1. The van der Waals surface area contributed by atoms with Crippen LogP contribution in [0.2, 0.25) is 0 Å². The van der Waals surface area contributed by atoms with Gasteiger partial charge in [-0.25, -0.2) is 4.79 Å². The number of carbonyl (C=O) groups excluding carboxylic acids is 4. The van der Waals surface area contributed by atoms with Crippen molar-refractivity contribution in [2.24, 2.45) is 0 Å². The Hall–Kier alpha value is -5.84. The second-order valence-corrected chi connectivity index (χ2v) is 14.8. The molecule has 0 aliphatic carbocycles. The molecular weight excluding hydrogens is 691 g/mol. The number of benzene rings is 4. The quantitative estimate of drug-likeness (QED) is 0.168. The Kier molecular flexibility index (Phi) is 11.1. The lowest BCUT2D eigenvalue weighted by Crippen LogP contribution is -2.51. The smallest absolute Gasteiger partial charge is 0.321 e. The zero-order chi connectivity index (χ0) is 38.6. The van der Waals surface area contributed by atoms with Crippen LogP contribution in [0, 0.1) is 0 Å². The number of fused-ring (bicyclic) bond motifs is 2. The number of rotatable bonds is 8. The zero-order valence-electron chi connectivity index (χ0n) is 32.1. The van der Waals surface area contributed by atoms with Crippen molar-refractivity contribution in [1.29, 1.82) is 0 Å². The number of hydrogen-bond acceptors (Lipinski definition) is 6. The fraction of sp³-hybridized carbons (Fsp3) is 0.364. The lowest BCUT2D eigenvalue weighted by Gasteiger charge is -2.40. The van der Waals surface area contributed by atoms with Crippen LogP contribution in [-0.4, -0.2) is 71.8 Å². The first-order valence-electron chi connectivity index (χ1n) is 19.6. The minimum absolute atomic E-state index is 0.0391. The molecule has 3 N–H and O–H groups in total. The summed E-state index contributed by atoms with van der Waals surface area (Å²) in [6.07, 6.45) is 2.50. The van der Waals surface area contributed by atoms with Crippen molar-refractivity contribution in [1.82, 2.24) is 9.80 Å². The van der Waals surface area contributed by atoms with Gasteiger partial charge in [0.15, 0.2) is 0 Å². The Morgan fingerprint density at radius 2 is 0.982 bits per heavy atom. The first-order valence-corrected chi connectivity index (χ1v) is 19.6. The molecule has 5 amide bonds. The third kappa shape index (κ3) is 7.87. The lowest BCUT2D eigenvalue weighted by molar-refractivity contribution is -0.119. The summed E-state index contributed by atoms with van der Waals surface area (Å²) in [6, 6.07) is 31.4. The Balaban J connectivity index is 0.901. The highest BCUT2D eigenvalue weighted by atomic mass is 16.2. The van der Waals surface area contributed by atoms with Gasteiger partial charge in [0.2, 0.25) is 11.8 Å². The molecule has 0 bridgehead atoms. The van der Waals surface area contributed by atoms with Gasteiger partial charge in [-0.15, -0.1) is 0 Å². The number of carbonyl (C=O) groups is 4. The molecule has 55 heavy (non-hydrogen) atoms.